The van der Waals surface area contributed by atoms with Gasteiger partial charge in [0.1, 0.15) is 5.82 Å². The van der Waals surface area contributed by atoms with Crippen LogP contribution in [0.15, 0.2) is 6.20 Å². The zero-order valence-corrected chi connectivity index (χ0v) is 12.5. The van der Waals surface area contributed by atoms with Crippen molar-refractivity contribution in [2.24, 2.45) is 0 Å². The number of nitrogens with zero attached hydrogens (tertiary/aromatic N) is 4. The van der Waals surface area contributed by atoms with E-state index in [1.54, 1.807) is 4.90 Å². The number of nitrogens with one attached hydrogen (secondary N) is 1. The van der Waals surface area contributed by atoms with Crippen molar-refractivity contribution in [1.29, 1.82) is 0 Å². The molecule has 0 aliphatic carbocycles. The summed E-state index contributed by atoms with van der Waals surface area (Å²) in [5.41, 5.74) is 1.00. The van der Waals surface area contributed by atoms with Crippen molar-refractivity contribution in [2.75, 3.05) is 43.4 Å². The first kappa shape index (κ1) is 14.6. The van der Waals surface area contributed by atoms with E-state index < -0.39 is 0 Å². The van der Waals surface area contributed by atoms with Crippen LogP contribution in [0.4, 0.5) is 11.8 Å². The van der Waals surface area contributed by atoms with Crippen LogP contribution in [-0.4, -0.2) is 54.0 Å². The van der Waals surface area contributed by atoms with Crippen molar-refractivity contribution in [2.45, 2.75) is 26.7 Å². The summed E-state index contributed by atoms with van der Waals surface area (Å²) in [6.07, 6.45) is 3.81. The fourth-order valence-corrected chi connectivity index (χ4v) is 2.24. The summed E-state index contributed by atoms with van der Waals surface area (Å²) in [4.78, 5) is 24.7. The van der Waals surface area contributed by atoms with Gasteiger partial charge in [-0.3, -0.25) is 4.79 Å². The zero-order chi connectivity index (χ0) is 14.5. The fraction of sp³-hybridized carbons (Fsp3) is 0.643. The third-order valence-electron chi connectivity index (χ3n) is 3.45. The molecule has 1 saturated heterocycles. The lowest BCUT2D eigenvalue weighted by atomic mass is 10.3. The summed E-state index contributed by atoms with van der Waals surface area (Å²) in [6.45, 7) is 6.98. The maximum absolute atomic E-state index is 12.0. The van der Waals surface area contributed by atoms with Crippen LogP contribution in [0.5, 0.6) is 0 Å². The molecule has 2 rings (SSSR count). The Labute approximate surface area is 120 Å². The normalized spacial score (nSPS) is 16.2. The Bertz CT molecular complexity index is 477. The van der Waals surface area contributed by atoms with Gasteiger partial charge in [0.05, 0.1) is 6.54 Å². The van der Waals surface area contributed by atoms with Gasteiger partial charge in [-0.05, 0) is 19.8 Å². The highest BCUT2D eigenvalue weighted by atomic mass is 16.2. The highest BCUT2D eigenvalue weighted by molar-refractivity contribution is 5.81. The highest BCUT2D eigenvalue weighted by Crippen LogP contribution is 2.19. The second-order valence-electron chi connectivity index (χ2n) is 5.22. The van der Waals surface area contributed by atoms with Crippen molar-refractivity contribution in [1.82, 2.24) is 14.9 Å². The average molecular weight is 277 g/mol. The molecule has 20 heavy (non-hydrogen) atoms. The number of carbonyl (C=O) groups is 1. The van der Waals surface area contributed by atoms with Gasteiger partial charge in [0.2, 0.25) is 11.9 Å². The molecule has 0 unspecified atom stereocenters. The minimum atomic E-state index is 0.142. The van der Waals surface area contributed by atoms with Gasteiger partial charge >= 0.3 is 0 Å². The number of aryl methyl sites for hydroxylation is 1. The standard InChI is InChI=1S/C14H23N5O/c1-4-6-15-14-16-9-11(2)13(17-14)19-8-5-7-18(3)12(20)10-19/h9H,4-8,10H2,1-3H3,(H,15,16,17). The molecular formula is C14H23N5O. The van der Waals surface area contributed by atoms with Crippen LogP contribution >= 0.6 is 0 Å². The number of amides is 1. The van der Waals surface area contributed by atoms with Gasteiger partial charge in [0, 0.05) is 38.4 Å². The van der Waals surface area contributed by atoms with E-state index in [4.69, 9.17) is 0 Å². The molecule has 1 aromatic rings. The van der Waals surface area contributed by atoms with Crippen LogP contribution in [0.2, 0.25) is 0 Å². The number of anilines is 2. The Balaban J connectivity index is 2.19. The van der Waals surface area contributed by atoms with Crippen LogP contribution in [0.1, 0.15) is 25.3 Å². The highest BCUT2D eigenvalue weighted by Gasteiger charge is 2.21. The number of hydrogen-bond donors (Lipinski definition) is 1. The Morgan fingerprint density at radius 3 is 2.95 bits per heavy atom. The maximum Gasteiger partial charge on any atom is 0.241 e. The van der Waals surface area contributed by atoms with E-state index >= 15 is 0 Å². The second kappa shape index (κ2) is 6.54. The van der Waals surface area contributed by atoms with Gasteiger partial charge in [0.25, 0.3) is 0 Å². The van der Waals surface area contributed by atoms with Crippen molar-refractivity contribution >= 4 is 17.7 Å². The molecule has 1 fully saturated rings. The summed E-state index contributed by atoms with van der Waals surface area (Å²) in [6, 6.07) is 0. The minimum Gasteiger partial charge on any atom is -0.354 e. The molecule has 0 spiro atoms. The third-order valence-corrected chi connectivity index (χ3v) is 3.45. The fourth-order valence-electron chi connectivity index (χ4n) is 2.24. The molecule has 0 aromatic carbocycles. The largest absolute Gasteiger partial charge is 0.354 e. The average Bonchev–Trinajstić information content (AvgIpc) is 2.60. The lowest BCUT2D eigenvalue weighted by molar-refractivity contribution is -0.127. The predicted molar refractivity (Wildman–Crippen MR) is 80.0 cm³/mol. The molecule has 1 aliphatic rings. The van der Waals surface area contributed by atoms with Crippen LogP contribution in [0.25, 0.3) is 0 Å². The zero-order valence-electron chi connectivity index (χ0n) is 12.5. The van der Waals surface area contributed by atoms with E-state index in [9.17, 15) is 4.79 Å². The maximum atomic E-state index is 12.0. The van der Waals surface area contributed by atoms with E-state index in [1.807, 2.05) is 20.2 Å². The number of rotatable bonds is 4. The molecule has 2 heterocycles. The number of aromatic nitrogens is 2. The first-order chi connectivity index (χ1) is 9.61. The monoisotopic (exact) mass is 277 g/mol. The Morgan fingerprint density at radius 1 is 1.40 bits per heavy atom. The smallest absolute Gasteiger partial charge is 0.241 e. The van der Waals surface area contributed by atoms with E-state index in [0.717, 1.165) is 43.9 Å². The Morgan fingerprint density at radius 2 is 2.20 bits per heavy atom. The molecule has 1 N–H and O–H groups in total. The van der Waals surface area contributed by atoms with Crippen molar-refractivity contribution in [3.05, 3.63) is 11.8 Å². The van der Waals surface area contributed by atoms with Gasteiger partial charge in [-0.2, -0.15) is 4.98 Å². The Hall–Kier alpha value is -1.85. The van der Waals surface area contributed by atoms with Crippen LogP contribution < -0.4 is 10.2 Å². The van der Waals surface area contributed by atoms with Gasteiger partial charge in [-0.1, -0.05) is 6.92 Å². The summed E-state index contributed by atoms with van der Waals surface area (Å²) < 4.78 is 0. The van der Waals surface area contributed by atoms with Gasteiger partial charge < -0.3 is 15.1 Å². The van der Waals surface area contributed by atoms with Gasteiger partial charge in [-0.15, -0.1) is 0 Å². The molecule has 0 saturated carbocycles. The van der Waals surface area contributed by atoms with Crippen molar-refractivity contribution in [3.63, 3.8) is 0 Å². The molecule has 0 radical (unpaired) electrons. The van der Waals surface area contributed by atoms with E-state index in [0.29, 0.717) is 12.5 Å². The number of hydrogen-bond acceptors (Lipinski definition) is 5. The minimum absolute atomic E-state index is 0.142. The quantitative estimate of drug-likeness (QED) is 0.898. The number of likely N-dealkylation sites (N-methyl/N-ethyl adjacent to an activating group) is 1. The molecule has 1 aliphatic heterocycles. The summed E-state index contributed by atoms with van der Waals surface area (Å²) in [7, 11) is 1.85. The molecule has 0 atom stereocenters. The second-order valence-corrected chi connectivity index (χ2v) is 5.22. The Kier molecular flexibility index (Phi) is 4.76. The lowest BCUT2D eigenvalue weighted by Gasteiger charge is -2.22. The van der Waals surface area contributed by atoms with Crippen molar-refractivity contribution < 1.29 is 4.79 Å². The van der Waals surface area contributed by atoms with E-state index in [-0.39, 0.29) is 5.91 Å². The van der Waals surface area contributed by atoms with Crippen molar-refractivity contribution in [3.8, 4) is 0 Å². The van der Waals surface area contributed by atoms with E-state index in [1.165, 1.54) is 0 Å². The molecule has 6 heteroatoms. The molecule has 6 nitrogen and oxygen atoms in total. The van der Waals surface area contributed by atoms with Gasteiger partial charge in [0.15, 0.2) is 0 Å². The first-order valence-corrected chi connectivity index (χ1v) is 7.18. The van der Waals surface area contributed by atoms with Crippen LogP contribution in [0, 0.1) is 6.92 Å². The molecule has 110 valence electrons. The third kappa shape index (κ3) is 3.37. The first-order valence-electron chi connectivity index (χ1n) is 7.18. The summed E-state index contributed by atoms with van der Waals surface area (Å²) in [5.74, 6) is 1.64. The lowest BCUT2D eigenvalue weighted by Crippen LogP contribution is -2.35. The topological polar surface area (TPSA) is 61.4 Å². The molecule has 1 aromatic heterocycles. The summed E-state index contributed by atoms with van der Waals surface area (Å²) >= 11 is 0. The predicted octanol–water partition coefficient (Wildman–Crippen LogP) is 1.28. The SMILES string of the molecule is CCCNc1ncc(C)c(N2CCCN(C)C(=O)C2)n1. The van der Waals surface area contributed by atoms with E-state index in [2.05, 4.69) is 27.1 Å². The summed E-state index contributed by atoms with van der Waals surface area (Å²) in [5, 5.41) is 3.19. The van der Waals surface area contributed by atoms with Crippen LogP contribution in [0.3, 0.4) is 0 Å². The van der Waals surface area contributed by atoms with Crippen LogP contribution in [-0.2, 0) is 4.79 Å². The molecular weight excluding hydrogens is 254 g/mol. The number of carbonyl (C=O) groups excluding carboxylic acids is 1. The molecule has 1 amide bonds. The van der Waals surface area contributed by atoms with Gasteiger partial charge in [-0.25, -0.2) is 4.98 Å². The molecule has 0 bridgehead atoms.